The van der Waals surface area contributed by atoms with E-state index in [1.165, 1.54) is 22.0 Å². The van der Waals surface area contributed by atoms with Crippen LogP contribution in [-0.2, 0) is 0 Å². The van der Waals surface area contributed by atoms with Crippen LogP contribution in [0.5, 0.6) is 0 Å². The number of halogens is 2. The Kier molecular flexibility index (Phi) is 4.59. The Hall–Kier alpha value is -2.83. The first-order chi connectivity index (χ1) is 13.0. The van der Waals surface area contributed by atoms with E-state index in [2.05, 4.69) is 9.97 Å². The average Bonchev–Trinajstić information content (AvgIpc) is 3.03. The van der Waals surface area contributed by atoms with Crippen molar-refractivity contribution in [1.82, 2.24) is 14.5 Å². The number of nitrogens with zero attached hydrogens (tertiary/aromatic N) is 3. The highest BCUT2D eigenvalue weighted by atomic mass is 35.5. The van der Waals surface area contributed by atoms with Gasteiger partial charge < -0.3 is 0 Å². The molecule has 4 aromatic rings. The van der Waals surface area contributed by atoms with Crippen molar-refractivity contribution < 1.29 is 4.39 Å². The van der Waals surface area contributed by atoms with Gasteiger partial charge in [0.05, 0.1) is 11.2 Å². The zero-order chi connectivity index (χ0) is 19.0. The van der Waals surface area contributed by atoms with Crippen molar-refractivity contribution >= 4 is 45.3 Å². The maximum Gasteiger partial charge on any atom is 0.276 e. The van der Waals surface area contributed by atoms with Gasteiger partial charge in [-0.05, 0) is 43.3 Å². The maximum absolute atomic E-state index is 13.9. The molecule has 0 spiro atoms. The standard InChI is InChI=1S/C20H13ClFN3OS/c1-12-11-15-18(27-12)20(26)25(16-7-4-10-23-19(16)21)17(24-15)9-8-13-5-2-3-6-14(13)22/h2-11H,1H3/b9-8+. The molecule has 0 unspecified atom stereocenters. The molecule has 0 aliphatic heterocycles. The fraction of sp³-hybridized carbons (Fsp3) is 0.0500. The summed E-state index contributed by atoms with van der Waals surface area (Å²) in [6.07, 6.45) is 4.74. The molecule has 0 saturated carbocycles. The molecule has 27 heavy (non-hydrogen) atoms. The summed E-state index contributed by atoms with van der Waals surface area (Å²) in [6, 6.07) is 11.6. The summed E-state index contributed by atoms with van der Waals surface area (Å²) in [5.41, 5.74) is 1.20. The number of hydrogen-bond donors (Lipinski definition) is 0. The minimum atomic E-state index is -0.352. The lowest BCUT2D eigenvalue weighted by Gasteiger charge is -2.11. The van der Waals surface area contributed by atoms with E-state index in [0.717, 1.165) is 4.88 Å². The second-order valence-corrected chi connectivity index (χ2v) is 7.46. The average molecular weight is 398 g/mol. The molecule has 0 N–H and O–H groups in total. The molecular weight excluding hydrogens is 385 g/mol. The van der Waals surface area contributed by atoms with E-state index >= 15 is 0 Å². The Morgan fingerprint density at radius 3 is 2.78 bits per heavy atom. The molecule has 0 atom stereocenters. The summed E-state index contributed by atoms with van der Waals surface area (Å²) in [5.74, 6) is -0.00188. The molecule has 3 heterocycles. The first-order valence-electron chi connectivity index (χ1n) is 8.11. The van der Waals surface area contributed by atoms with Crippen molar-refractivity contribution in [2.24, 2.45) is 0 Å². The Labute approximate surface area is 163 Å². The summed E-state index contributed by atoms with van der Waals surface area (Å²) in [7, 11) is 0. The molecular formula is C20H13ClFN3OS. The Morgan fingerprint density at radius 1 is 1.19 bits per heavy atom. The zero-order valence-electron chi connectivity index (χ0n) is 14.2. The molecule has 4 rings (SSSR count). The van der Waals surface area contributed by atoms with Gasteiger partial charge in [0.25, 0.3) is 5.56 Å². The van der Waals surface area contributed by atoms with E-state index in [1.54, 1.807) is 48.7 Å². The van der Waals surface area contributed by atoms with Gasteiger partial charge in [0.1, 0.15) is 16.3 Å². The van der Waals surface area contributed by atoms with Crippen molar-refractivity contribution in [2.45, 2.75) is 6.92 Å². The SMILES string of the molecule is Cc1cc2nc(/C=C/c3ccccc3F)n(-c3cccnc3Cl)c(=O)c2s1. The van der Waals surface area contributed by atoms with Crippen LogP contribution in [0.2, 0.25) is 5.15 Å². The van der Waals surface area contributed by atoms with Gasteiger partial charge in [0, 0.05) is 16.6 Å². The quantitative estimate of drug-likeness (QED) is 0.451. The molecule has 0 aliphatic rings. The molecule has 1 aromatic carbocycles. The fourth-order valence-electron chi connectivity index (χ4n) is 2.78. The van der Waals surface area contributed by atoms with Crippen LogP contribution in [0.15, 0.2) is 53.5 Å². The van der Waals surface area contributed by atoms with Gasteiger partial charge in [-0.25, -0.2) is 14.4 Å². The van der Waals surface area contributed by atoms with Crippen LogP contribution in [0.3, 0.4) is 0 Å². The summed E-state index contributed by atoms with van der Waals surface area (Å²) in [4.78, 5) is 22.8. The normalized spacial score (nSPS) is 11.5. The van der Waals surface area contributed by atoms with E-state index in [0.29, 0.717) is 27.3 Å². The Bertz CT molecular complexity index is 1250. The predicted octanol–water partition coefficient (Wildman–Crippen LogP) is 5.11. The largest absolute Gasteiger partial charge is 0.276 e. The van der Waals surface area contributed by atoms with Crippen molar-refractivity contribution in [3.8, 4) is 5.69 Å². The molecule has 4 nitrogen and oxygen atoms in total. The molecule has 0 amide bonds. The number of fused-ring (bicyclic) bond motifs is 1. The van der Waals surface area contributed by atoms with Gasteiger partial charge in [-0.15, -0.1) is 11.3 Å². The van der Waals surface area contributed by atoms with E-state index < -0.39 is 0 Å². The van der Waals surface area contributed by atoms with Gasteiger partial charge >= 0.3 is 0 Å². The van der Waals surface area contributed by atoms with E-state index in [1.807, 2.05) is 13.0 Å². The highest BCUT2D eigenvalue weighted by molar-refractivity contribution is 7.18. The number of thiophene rings is 1. The summed E-state index contributed by atoms with van der Waals surface area (Å²) >= 11 is 7.60. The number of benzene rings is 1. The third kappa shape index (κ3) is 3.29. The van der Waals surface area contributed by atoms with Crippen LogP contribution in [-0.4, -0.2) is 14.5 Å². The molecule has 3 aromatic heterocycles. The number of aromatic nitrogens is 3. The van der Waals surface area contributed by atoms with Gasteiger partial charge in [-0.1, -0.05) is 29.8 Å². The molecule has 0 fully saturated rings. The first-order valence-corrected chi connectivity index (χ1v) is 9.31. The second-order valence-electron chi connectivity index (χ2n) is 5.85. The highest BCUT2D eigenvalue weighted by Gasteiger charge is 2.15. The summed E-state index contributed by atoms with van der Waals surface area (Å²) < 4.78 is 15.9. The lowest BCUT2D eigenvalue weighted by atomic mass is 10.2. The van der Waals surface area contributed by atoms with Gasteiger partial charge in [-0.3, -0.25) is 9.36 Å². The number of pyridine rings is 1. The second kappa shape index (κ2) is 7.06. The van der Waals surface area contributed by atoms with Crippen LogP contribution >= 0.6 is 22.9 Å². The topological polar surface area (TPSA) is 47.8 Å². The summed E-state index contributed by atoms with van der Waals surface area (Å²) in [5, 5.41) is 0.189. The van der Waals surface area contributed by atoms with Crippen LogP contribution < -0.4 is 5.56 Å². The third-order valence-electron chi connectivity index (χ3n) is 3.99. The third-order valence-corrected chi connectivity index (χ3v) is 5.31. The van der Waals surface area contributed by atoms with Crippen LogP contribution in [0.4, 0.5) is 4.39 Å². The maximum atomic E-state index is 13.9. The lowest BCUT2D eigenvalue weighted by molar-refractivity contribution is 0.625. The van der Waals surface area contributed by atoms with Gasteiger partial charge in [0.15, 0.2) is 5.15 Å². The van der Waals surface area contributed by atoms with Crippen molar-refractivity contribution in [2.75, 3.05) is 0 Å². The summed E-state index contributed by atoms with van der Waals surface area (Å²) in [6.45, 7) is 1.92. The minimum absolute atomic E-state index is 0.189. The molecule has 134 valence electrons. The van der Waals surface area contributed by atoms with E-state index in [-0.39, 0.29) is 16.5 Å². The van der Waals surface area contributed by atoms with Gasteiger partial charge in [0.2, 0.25) is 0 Å². The van der Waals surface area contributed by atoms with Crippen LogP contribution in [0.1, 0.15) is 16.3 Å². The Balaban J connectivity index is 1.98. The van der Waals surface area contributed by atoms with Gasteiger partial charge in [-0.2, -0.15) is 0 Å². The number of rotatable bonds is 3. The van der Waals surface area contributed by atoms with Crippen LogP contribution in [0.25, 0.3) is 28.1 Å². The number of aryl methyl sites for hydroxylation is 1. The molecule has 0 bridgehead atoms. The molecule has 0 saturated heterocycles. The lowest BCUT2D eigenvalue weighted by Crippen LogP contribution is -2.22. The Morgan fingerprint density at radius 2 is 2.00 bits per heavy atom. The monoisotopic (exact) mass is 397 g/mol. The smallest absolute Gasteiger partial charge is 0.267 e. The zero-order valence-corrected chi connectivity index (χ0v) is 15.8. The molecule has 7 heteroatoms. The van der Waals surface area contributed by atoms with E-state index in [4.69, 9.17) is 11.6 Å². The van der Waals surface area contributed by atoms with Crippen LogP contribution in [0, 0.1) is 12.7 Å². The van der Waals surface area contributed by atoms with Crippen molar-refractivity contribution in [1.29, 1.82) is 0 Å². The van der Waals surface area contributed by atoms with Crippen molar-refractivity contribution in [3.05, 3.63) is 86.3 Å². The fourth-order valence-corrected chi connectivity index (χ4v) is 3.86. The first kappa shape index (κ1) is 17.6. The predicted molar refractivity (Wildman–Crippen MR) is 108 cm³/mol. The highest BCUT2D eigenvalue weighted by Crippen LogP contribution is 2.24. The molecule has 0 radical (unpaired) electrons. The van der Waals surface area contributed by atoms with E-state index in [9.17, 15) is 9.18 Å². The van der Waals surface area contributed by atoms with Crippen molar-refractivity contribution in [3.63, 3.8) is 0 Å². The molecule has 0 aliphatic carbocycles. The minimum Gasteiger partial charge on any atom is -0.267 e. The number of hydrogen-bond acceptors (Lipinski definition) is 4.